The minimum Gasteiger partial charge on any atom is -0.330 e. The molecule has 0 radical (unpaired) electrons. The zero-order chi connectivity index (χ0) is 10.6. The average molecular weight is 203 g/mol. The number of hydrogen-bond acceptors (Lipinski definition) is 1. The second-order valence-electron chi connectivity index (χ2n) is 3.02. The molecule has 0 aliphatic carbocycles. The number of rotatable bonds is 4. The van der Waals surface area contributed by atoms with Crippen LogP contribution in [0.3, 0.4) is 0 Å². The van der Waals surface area contributed by atoms with Gasteiger partial charge in [0.2, 0.25) is 0 Å². The van der Waals surface area contributed by atoms with E-state index in [9.17, 15) is 13.2 Å². The van der Waals surface area contributed by atoms with E-state index in [4.69, 9.17) is 5.73 Å². The van der Waals surface area contributed by atoms with Crippen molar-refractivity contribution < 1.29 is 13.2 Å². The molecule has 2 N–H and O–H groups in total. The number of halogens is 3. The van der Waals surface area contributed by atoms with Crippen LogP contribution in [-0.2, 0) is 6.42 Å². The summed E-state index contributed by atoms with van der Waals surface area (Å²) in [5.41, 5.74) is 6.26. The molecule has 1 nitrogen and oxygen atoms in total. The minimum absolute atomic E-state index is 0.0146. The van der Waals surface area contributed by atoms with Gasteiger partial charge < -0.3 is 5.73 Å². The molecule has 0 saturated carbocycles. The van der Waals surface area contributed by atoms with Crippen molar-refractivity contribution in [2.45, 2.75) is 19.0 Å². The molecule has 0 aliphatic rings. The van der Waals surface area contributed by atoms with Gasteiger partial charge >= 0.3 is 0 Å². The van der Waals surface area contributed by atoms with Crippen molar-refractivity contribution >= 4 is 0 Å². The lowest BCUT2D eigenvalue weighted by atomic mass is 10.1. The third kappa shape index (κ3) is 2.73. The largest absolute Gasteiger partial charge is 0.330 e. The second kappa shape index (κ2) is 5.00. The Hall–Kier alpha value is -1.03. The van der Waals surface area contributed by atoms with E-state index in [1.807, 2.05) is 0 Å². The van der Waals surface area contributed by atoms with Gasteiger partial charge in [0.15, 0.2) is 6.17 Å². The average Bonchev–Trinajstić information content (AvgIpc) is 2.18. The van der Waals surface area contributed by atoms with Crippen molar-refractivity contribution in [3.8, 4) is 0 Å². The molecule has 0 aromatic heterocycles. The van der Waals surface area contributed by atoms with Crippen LogP contribution in [0.15, 0.2) is 24.3 Å². The molecule has 4 heteroatoms. The van der Waals surface area contributed by atoms with Crippen LogP contribution in [0.4, 0.5) is 13.2 Å². The molecule has 78 valence electrons. The molecule has 0 aliphatic heterocycles. The fourth-order valence-corrected chi connectivity index (χ4v) is 1.18. The van der Waals surface area contributed by atoms with Crippen LogP contribution in [0.1, 0.15) is 17.3 Å². The maximum Gasteiger partial charge on any atom is 0.273 e. The Balaban J connectivity index is 2.72. The third-order valence-corrected chi connectivity index (χ3v) is 1.95. The molecule has 0 amide bonds. The maximum atomic E-state index is 12.8. The molecule has 1 atom stereocenters. The standard InChI is InChI=1S/C10H12F3N/c11-9(10(12)13)8-3-1-7(2-4-8)5-6-14/h1-4,9-10H,5-6,14H2. The number of nitrogens with two attached hydrogens (primary N) is 1. The highest BCUT2D eigenvalue weighted by atomic mass is 19.3. The molecule has 1 unspecified atom stereocenters. The smallest absolute Gasteiger partial charge is 0.273 e. The fourth-order valence-electron chi connectivity index (χ4n) is 1.18. The SMILES string of the molecule is NCCc1ccc(C(F)C(F)F)cc1. The summed E-state index contributed by atoms with van der Waals surface area (Å²) < 4.78 is 36.7. The monoisotopic (exact) mass is 203 g/mol. The number of benzene rings is 1. The first-order chi connectivity index (χ1) is 6.65. The van der Waals surface area contributed by atoms with E-state index in [0.717, 1.165) is 5.56 Å². The van der Waals surface area contributed by atoms with E-state index in [2.05, 4.69) is 0 Å². The summed E-state index contributed by atoms with van der Waals surface area (Å²) in [4.78, 5) is 0. The lowest BCUT2D eigenvalue weighted by Crippen LogP contribution is -2.05. The molecule has 0 fully saturated rings. The Labute approximate surface area is 80.7 Å². The molecule has 0 spiro atoms. The van der Waals surface area contributed by atoms with E-state index in [1.165, 1.54) is 12.1 Å². The summed E-state index contributed by atoms with van der Waals surface area (Å²) >= 11 is 0. The molecule has 14 heavy (non-hydrogen) atoms. The van der Waals surface area contributed by atoms with Gasteiger partial charge in [0.25, 0.3) is 6.43 Å². The van der Waals surface area contributed by atoms with Gasteiger partial charge in [-0.2, -0.15) is 0 Å². The molecule has 0 heterocycles. The van der Waals surface area contributed by atoms with Gasteiger partial charge in [-0.1, -0.05) is 24.3 Å². The lowest BCUT2D eigenvalue weighted by Gasteiger charge is -2.07. The first-order valence-corrected chi connectivity index (χ1v) is 4.36. The number of hydrogen-bond donors (Lipinski definition) is 1. The predicted octanol–water partition coefficient (Wildman–Crippen LogP) is 2.46. The van der Waals surface area contributed by atoms with Crippen molar-refractivity contribution in [3.05, 3.63) is 35.4 Å². The topological polar surface area (TPSA) is 26.0 Å². The summed E-state index contributed by atoms with van der Waals surface area (Å²) in [5, 5.41) is 0. The van der Waals surface area contributed by atoms with Crippen molar-refractivity contribution in [1.82, 2.24) is 0 Å². The zero-order valence-corrected chi connectivity index (χ0v) is 7.59. The summed E-state index contributed by atoms with van der Waals surface area (Å²) in [5.74, 6) is 0. The predicted molar refractivity (Wildman–Crippen MR) is 49.1 cm³/mol. The molecular formula is C10H12F3N. The Kier molecular flexibility index (Phi) is 3.95. The van der Waals surface area contributed by atoms with Crippen LogP contribution in [0, 0.1) is 0 Å². The van der Waals surface area contributed by atoms with Crippen LogP contribution in [0.2, 0.25) is 0 Å². The molecule has 0 saturated heterocycles. The summed E-state index contributed by atoms with van der Waals surface area (Å²) in [6, 6.07) is 6.00. The van der Waals surface area contributed by atoms with Crippen LogP contribution >= 0.6 is 0 Å². The summed E-state index contributed by atoms with van der Waals surface area (Å²) in [6.07, 6.45) is -4.48. The van der Waals surface area contributed by atoms with Crippen molar-refractivity contribution in [3.63, 3.8) is 0 Å². The summed E-state index contributed by atoms with van der Waals surface area (Å²) in [6.45, 7) is 0.493. The van der Waals surface area contributed by atoms with Crippen molar-refractivity contribution in [1.29, 1.82) is 0 Å². The fraction of sp³-hybridized carbons (Fsp3) is 0.400. The normalized spacial score (nSPS) is 13.2. The quantitative estimate of drug-likeness (QED) is 0.799. The van der Waals surface area contributed by atoms with Crippen molar-refractivity contribution in [2.24, 2.45) is 5.73 Å². The zero-order valence-electron chi connectivity index (χ0n) is 7.59. The van der Waals surface area contributed by atoms with Gasteiger partial charge in [-0.25, -0.2) is 13.2 Å². The van der Waals surface area contributed by atoms with E-state index in [-0.39, 0.29) is 5.56 Å². The van der Waals surface area contributed by atoms with E-state index < -0.39 is 12.6 Å². The molecule has 1 aromatic rings. The van der Waals surface area contributed by atoms with Crippen LogP contribution in [0.5, 0.6) is 0 Å². The molecule has 1 rings (SSSR count). The van der Waals surface area contributed by atoms with Crippen LogP contribution in [0.25, 0.3) is 0 Å². The maximum absolute atomic E-state index is 12.8. The van der Waals surface area contributed by atoms with Gasteiger partial charge in [0, 0.05) is 0 Å². The Bertz CT molecular complexity index is 271. The second-order valence-corrected chi connectivity index (χ2v) is 3.02. The Morgan fingerprint density at radius 2 is 1.64 bits per heavy atom. The third-order valence-electron chi connectivity index (χ3n) is 1.95. The van der Waals surface area contributed by atoms with Gasteiger partial charge in [-0.3, -0.25) is 0 Å². The van der Waals surface area contributed by atoms with E-state index in [0.29, 0.717) is 13.0 Å². The minimum atomic E-state index is -2.96. The van der Waals surface area contributed by atoms with Crippen molar-refractivity contribution in [2.75, 3.05) is 6.54 Å². The van der Waals surface area contributed by atoms with Crippen LogP contribution in [-0.4, -0.2) is 13.0 Å². The van der Waals surface area contributed by atoms with Gasteiger partial charge in [0.1, 0.15) is 0 Å². The van der Waals surface area contributed by atoms with Gasteiger partial charge in [0.05, 0.1) is 0 Å². The molecule has 0 bridgehead atoms. The Morgan fingerprint density at radius 3 is 2.07 bits per heavy atom. The highest BCUT2D eigenvalue weighted by Gasteiger charge is 2.20. The van der Waals surface area contributed by atoms with Gasteiger partial charge in [-0.05, 0) is 24.1 Å². The molecule has 1 aromatic carbocycles. The first-order valence-electron chi connectivity index (χ1n) is 4.36. The summed E-state index contributed by atoms with van der Waals surface area (Å²) in [7, 11) is 0. The number of alkyl halides is 3. The highest BCUT2D eigenvalue weighted by Crippen LogP contribution is 2.24. The van der Waals surface area contributed by atoms with Gasteiger partial charge in [-0.15, -0.1) is 0 Å². The van der Waals surface area contributed by atoms with E-state index >= 15 is 0 Å². The first kappa shape index (κ1) is 11.0. The van der Waals surface area contributed by atoms with Crippen LogP contribution < -0.4 is 5.73 Å². The van der Waals surface area contributed by atoms with E-state index in [1.54, 1.807) is 12.1 Å². The molecular weight excluding hydrogens is 191 g/mol. The highest BCUT2D eigenvalue weighted by molar-refractivity contribution is 5.24. The lowest BCUT2D eigenvalue weighted by molar-refractivity contribution is 0.0495. The Morgan fingerprint density at radius 1 is 1.07 bits per heavy atom.